The Morgan fingerprint density at radius 2 is 2.14 bits per heavy atom. The number of rotatable bonds is 2. The molecular formula is C23H25N3O3. The number of amides is 1. The van der Waals surface area contributed by atoms with Gasteiger partial charge in [0, 0.05) is 18.4 Å². The molecule has 3 aliphatic heterocycles. The van der Waals surface area contributed by atoms with E-state index in [-0.39, 0.29) is 18.1 Å². The van der Waals surface area contributed by atoms with E-state index in [1.807, 2.05) is 29.2 Å². The van der Waals surface area contributed by atoms with Gasteiger partial charge in [-0.1, -0.05) is 24.3 Å². The van der Waals surface area contributed by atoms with Gasteiger partial charge in [0.2, 0.25) is 0 Å². The Kier molecular flexibility index (Phi) is 5.04. The van der Waals surface area contributed by atoms with Crippen molar-refractivity contribution in [2.24, 2.45) is 0 Å². The highest BCUT2D eigenvalue weighted by atomic mass is 16.5. The summed E-state index contributed by atoms with van der Waals surface area (Å²) in [5, 5.41) is 3.42. The molecule has 6 nitrogen and oxygen atoms in total. The third kappa shape index (κ3) is 3.66. The highest BCUT2D eigenvalue weighted by Crippen LogP contribution is 2.39. The van der Waals surface area contributed by atoms with Crippen molar-refractivity contribution in [1.82, 2.24) is 4.98 Å². The summed E-state index contributed by atoms with van der Waals surface area (Å²) >= 11 is 0. The van der Waals surface area contributed by atoms with Gasteiger partial charge in [-0.2, -0.15) is 0 Å². The fourth-order valence-corrected chi connectivity index (χ4v) is 4.21. The smallest absolute Gasteiger partial charge is 0.256 e. The number of hydrogen-bond acceptors (Lipinski definition) is 5. The van der Waals surface area contributed by atoms with Crippen LogP contribution in [0.4, 0.5) is 17.2 Å². The van der Waals surface area contributed by atoms with Crippen molar-refractivity contribution in [1.29, 1.82) is 0 Å². The molecule has 1 aromatic carbocycles. The lowest BCUT2D eigenvalue weighted by atomic mass is 10.0. The van der Waals surface area contributed by atoms with Crippen LogP contribution in [0.5, 0.6) is 0 Å². The molecule has 4 heterocycles. The quantitative estimate of drug-likeness (QED) is 0.775. The van der Waals surface area contributed by atoms with E-state index in [9.17, 15) is 4.79 Å². The topological polar surface area (TPSA) is 63.7 Å². The number of pyridine rings is 1. The minimum Gasteiger partial charge on any atom is -0.369 e. The Labute approximate surface area is 170 Å². The maximum absolute atomic E-state index is 13.5. The molecule has 29 heavy (non-hydrogen) atoms. The molecule has 150 valence electrons. The van der Waals surface area contributed by atoms with Crippen LogP contribution in [0.1, 0.15) is 42.9 Å². The van der Waals surface area contributed by atoms with E-state index in [0.717, 1.165) is 54.0 Å². The molecule has 0 saturated carbocycles. The van der Waals surface area contributed by atoms with Crippen molar-refractivity contribution in [2.75, 3.05) is 23.4 Å². The summed E-state index contributed by atoms with van der Waals surface area (Å²) in [5.74, 6) is 0.810. The number of aromatic nitrogens is 1. The first-order chi connectivity index (χ1) is 14.3. The normalized spacial score (nSPS) is 23.5. The lowest BCUT2D eigenvalue weighted by molar-refractivity contribution is -0.132. The fourth-order valence-electron chi connectivity index (χ4n) is 4.21. The zero-order valence-corrected chi connectivity index (χ0v) is 16.3. The first-order valence-electron chi connectivity index (χ1n) is 10.3. The van der Waals surface area contributed by atoms with Crippen LogP contribution in [0.3, 0.4) is 0 Å². The van der Waals surface area contributed by atoms with Gasteiger partial charge in [-0.05, 0) is 49.4 Å². The number of ether oxygens (including phenoxy) is 2. The second-order valence-corrected chi connectivity index (χ2v) is 7.72. The van der Waals surface area contributed by atoms with E-state index in [1.54, 1.807) is 6.20 Å². The molecule has 0 bridgehead atoms. The molecule has 6 heteroatoms. The van der Waals surface area contributed by atoms with E-state index in [4.69, 9.17) is 9.47 Å². The molecule has 1 aromatic heterocycles. The van der Waals surface area contributed by atoms with Gasteiger partial charge in [0.25, 0.3) is 5.91 Å². The summed E-state index contributed by atoms with van der Waals surface area (Å²) in [4.78, 5) is 19.8. The minimum atomic E-state index is -0.382. The first kappa shape index (κ1) is 18.3. The number of benzene rings is 1. The molecule has 0 spiro atoms. The third-order valence-corrected chi connectivity index (χ3v) is 5.79. The number of hydrogen-bond donors (Lipinski definition) is 1. The van der Waals surface area contributed by atoms with Crippen molar-refractivity contribution in [3.05, 3.63) is 59.8 Å². The minimum absolute atomic E-state index is 0.0111. The Hall–Kier alpha value is -2.70. The summed E-state index contributed by atoms with van der Waals surface area (Å²) in [5.41, 5.74) is 3.81. The van der Waals surface area contributed by atoms with Crippen LogP contribution < -0.4 is 10.2 Å². The highest BCUT2D eigenvalue weighted by molar-refractivity contribution is 6.00. The summed E-state index contributed by atoms with van der Waals surface area (Å²) in [6, 6.07) is 10.1. The van der Waals surface area contributed by atoms with E-state index in [0.29, 0.717) is 19.8 Å². The first-order valence-corrected chi connectivity index (χ1v) is 10.3. The van der Waals surface area contributed by atoms with Gasteiger partial charge >= 0.3 is 0 Å². The molecule has 1 unspecified atom stereocenters. The maximum Gasteiger partial charge on any atom is 0.256 e. The fraction of sp³-hybridized carbons (Fsp3) is 0.391. The van der Waals surface area contributed by atoms with Gasteiger partial charge in [0.15, 0.2) is 0 Å². The van der Waals surface area contributed by atoms with Crippen molar-refractivity contribution >= 4 is 23.1 Å². The molecule has 2 aromatic rings. The lowest BCUT2D eigenvalue weighted by Gasteiger charge is -2.30. The molecule has 0 aliphatic carbocycles. The number of carbonyl (C=O) groups is 1. The predicted molar refractivity (Wildman–Crippen MR) is 111 cm³/mol. The second-order valence-electron chi connectivity index (χ2n) is 7.72. The Morgan fingerprint density at radius 1 is 1.17 bits per heavy atom. The van der Waals surface area contributed by atoms with Crippen LogP contribution >= 0.6 is 0 Å². The third-order valence-electron chi connectivity index (χ3n) is 5.79. The molecule has 1 saturated heterocycles. The summed E-state index contributed by atoms with van der Waals surface area (Å²) < 4.78 is 11.7. The number of nitrogens with zero attached hydrogens (tertiary/aromatic N) is 2. The van der Waals surface area contributed by atoms with Gasteiger partial charge < -0.3 is 19.7 Å². The van der Waals surface area contributed by atoms with Crippen molar-refractivity contribution in [2.45, 2.75) is 44.4 Å². The van der Waals surface area contributed by atoms with E-state index in [2.05, 4.69) is 28.5 Å². The largest absolute Gasteiger partial charge is 0.369 e. The predicted octanol–water partition coefficient (Wildman–Crippen LogP) is 4.26. The van der Waals surface area contributed by atoms with Crippen LogP contribution in [-0.2, 0) is 20.8 Å². The van der Waals surface area contributed by atoms with E-state index < -0.39 is 0 Å². The average molecular weight is 391 g/mol. The van der Waals surface area contributed by atoms with Crippen molar-refractivity contribution < 1.29 is 14.3 Å². The Balaban J connectivity index is 1.55. The standard InChI is InChI=1S/C23H25N3O3/c27-23(21-8-2-4-13-29-21)26-15-17-6-5-11-24-22(17)25-18-10-9-16(14-19(18)26)20-7-1-3-12-28-20/h1,3,5-6,9-11,14,20-21H,2,4,7-8,12-13,15H2,(H,24,25)/t20?,21-/m1/s1. The van der Waals surface area contributed by atoms with Gasteiger partial charge in [-0.15, -0.1) is 0 Å². The zero-order valence-electron chi connectivity index (χ0n) is 16.3. The van der Waals surface area contributed by atoms with Crippen molar-refractivity contribution in [3.8, 4) is 0 Å². The van der Waals surface area contributed by atoms with Crippen LogP contribution in [-0.4, -0.2) is 30.2 Å². The van der Waals surface area contributed by atoms with Crippen LogP contribution in [0.15, 0.2) is 48.7 Å². The lowest BCUT2D eigenvalue weighted by Crippen LogP contribution is -2.41. The molecule has 1 N–H and O–H groups in total. The van der Waals surface area contributed by atoms with Crippen LogP contribution in [0.2, 0.25) is 0 Å². The van der Waals surface area contributed by atoms with Gasteiger partial charge in [0.05, 0.1) is 30.6 Å². The number of anilines is 3. The molecule has 5 rings (SSSR count). The summed E-state index contributed by atoms with van der Waals surface area (Å²) in [7, 11) is 0. The number of nitrogens with one attached hydrogen (secondary N) is 1. The van der Waals surface area contributed by atoms with Gasteiger partial charge in [0.1, 0.15) is 11.9 Å². The maximum atomic E-state index is 13.5. The Morgan fingerprint density at radius 3 is 2.97 bits per heavy atom. The van der Waals surface area contributed by atoms with Gasteiger partial charge in [-0.3, -0.25) is 4.79 Å². The molecule has 0 radical (unpaired) electrons. The number of fused-ring (bicyclic) bond motifs is 2. The van der Waals surface area contributed by atoms with E-state index in [1.165, 1.54) is 0 Å². The van der Waals surface area contributed by atoms with Crippen LogP contribution in [0.25, 0.3) is 0 Å². The molecular weight excluding hydrogens is 366 g/mol. The second kappa shape index (κ2) is 7.97. The highest BCUT2D eigenvalue weighted by Gasteiger charge is 2.32. The summed E-state index contributed by atoms with van der Waals surface area (Å²) in [6.45, 7) is 1.74. The van der Waals surface area contributed by atoms with Crippen LogP contribution in [0, 0.1) is 0 Å². The molecule has 2 atom stereocenters. The van der Waals surface area contributed by atoms with E-state index >= 15 is 0 Å². The average Bonchev–Trinajstić information content (AvgIpc) is 2.96. The molecule has 1 fully saturated rings. The monoisotopic (exact) mass is 391 g/mol. The SMILES string of the molecule is O=C([C@H]1CCCCO1)N1Cc2cccnc2Nc2ccc(C3CC=CCO3)cc21. The van der Waals surface area contributed by atoms with Gasteiger partial charge in [-0.25, -0.2) is 4.98 Å². The number of carbonyl (C=O) groups excluding carboxylic acids is 1. The summed E-state index contributed by atoms with van der Waals surface area (Å²) in [6.07, 6.45) is 9.24. The molecule has 1 amide bonds. The zero-order chi connectivity index (χ0) is 19.6. The Bertz CT molecular complexity index is 937. The van der Waals surface area contributed by atoms with Crippen molar-refractivity contribution in [3.63, 3.8) is 0 Å². The molecule has 3 aliphatic rings.